The minimum absolute atomic E-state index is 0.133. The average molecular weight is 286 g/mol. The molecular formula is C14H15FN6. The molecule has 108 valence electrons. The van der Waals surface area contributed by atoms with Crippen molar-refractivity contribution in [2.75, 3.05) is 5.32 Å². The van der Waals surface area contributed by atoms with Crippen LogP contribution in [0.5, 0.6) is 0 Å². The molecule has 1 unspecified atom stereocenters. The summed E-state index contributed by atoms with van der Waals surface area (Å²) in [6, 6.07) is 0.133. The van der Waals surface area contributed by atoms with Crippen LogP contribution < -0.4 is 5.32 Å². The highest BCUT2D eigenvalue weighted by Crippen LogP contribution is 2.25. The monoisotopic (exact) mass is 286 g/mol. The predicted octanol–water partition coefficient (Wildman–Crippen LogP) is 2.76. The summed E-state index contributed by atoms with van der Waals surface area (Å²) in [6.45, 7) is 4.00. The molecule has 0 aliphatic carbocycles. The lowest BCUT2D eigenvalue weighted by Gasteiger charge is -2.13. The van der Waals surface area contributed by atoms with Gasteiger partial charge in [0.05, 0.1) is 6.20 Å². The molecular weight excluding hydrogens is 271 g/mol. The molecule has 3 rings (SSSR count). The van der Waals surface area contributed by atoms with E-state index in [4.69, 9.17) is 0 Å². The molecule has 0 aromatic carbocycles. The Morgan fingerprint density at radius 2 is 2.19 bits per heavy atom. The molecule has 0 saturated carbocycles. The fourth-order valence-electron chi connectivity index (χ4n) is 1.98. The van der Waals surface area contributed by atoms with E-state index >= 15 is 0 Å². The number of hydrogen-bond donors (Lipinski definition) is 2. The molecule has 3 aromatic rings. The van der Waals surface area contributed by atoms with Crippen LogP contribution in [0.2, 0.25) is 0 Å². The quantitative estimate of drug-likeness (QED) is 0.771. The Bertz CT molecular complexity index is 769. The topological polar surface area (TPSA) is 79.4 Å². The van der Waals surface area contributed by atoms with Crippen LogP contribution >= 0.6 is 0 Å². The van der Waals surface area contributed by atoms with Crippen molar-refractivity contribution in [3.8, 4) is 11.4 Å². The van der Waals surface area contributed by atoms with Crippen molar-refractivity contribution in [2.45, 2.75) is 26.3 Å². The minimum atomic E-state index is -0.463. The Balaban J connectivity index is 2.04. The van der Waals surface area contributed by atoms with Crippen LogP contribution in [0.4, 0.5) is 10.2 Å². The van der Waals surface area contributed by atoms with Crippen LogP contribution in [-0.2, 0) is 0 Å². The van der Waals surface area contributed by atoms with Gasteiger partial charge in [0.25, 0.3) is 0 Å². The SMILES string of the molecule is CCC(C)Nc1nc(-c2c[nH]c3ncncc23)ncc1F. The number of halogens is 1. The molecule has 0 aliphatic heterocycles. The molecule has 0 aliphatic rings. The number of aromatic nitrogens is 5. The number of anilines is 1. The number of rotatable bonds is 4. The van der Waals surface area contributed by atoms with Crippen molar-refractivity contribution in [2.24, 2.45) is 0 Å². The average Bonchev–Trinajstić information content (AvgIpc) is 2.93. The van der Waals surface area contributed by atoms with Gasteiger partial charge in [0.15, 0.2) is 17.5 Å². The van der Waals surface area contributed by atoms with Gasteiger partial charge in [0, 0.05) is 29.4 Å². The van der Waals surface area contributed by atoms with E-state index in [-0.39, 0.29) is 11.9 Å². The Morgan fingerprint density at radius 1 is 1.33 bits per heavy atom. The fourth-order valence-corrected chi connectivity index (χ4v) is 1.98. The first-order chi connectivity index (χ1) is 10.2. The van der Waals surface area contributed by atoms with Crippen molar-refractivity contribution in [3.05, 3.63) is 30.7 Å². The van der Waals surface area contributed by atoms with Crippen molar-refractivity contribution in [1.29, 1.82) is 0 Å². The summed E-state index contributed by atoms with van der Waals surface area (Å²) in [5.74, 6) is 0.180. The maximum Gasteiger partial charge on any atom is 0.183 e. The summed E-state index contributed by atoms with van der Waals surface area (Å²) in [5.41, 5.74) is 1.45. The van der Waals surface area contributed by atoms with E-state index < -0.39 is 5.82 Å². The van der Waals surface area contributed by atoms with E-state index in [0.717, 1.165) is 17.4 Å². The maximum atomic E-state index is 13.8. The summed E-state index contributed by atoms with van der Waals surface area (Å²) in [6.07, 6.45) is 6.95. The number of fused-ring (bicyclic) bond motifs is 1. The van der Waals surface area contributed by atoms with Crippen LogP contribution in [0.15, 0.2) is 24.9 Å². The molecule has 0 amide bonds. The van der Waals surface area contributed by atoms with Gasteiger partial charge in [-0.2, -0.15) is 0 Å². The van der Waals surface area contributed by atoms with Gasteiger partial charge < -0.3 is 10.3 Å². The Hall–Kier alpha value is -2.57. The third-order valence-corrected chi connectivity index (χ3v) is 3.34. The Morgan fingerprint density at radius 3 is 3.00 bits per heavy atom. The molecule has 0 radical (unpaired) electrons. The first-order valence-corrected chi connectivity index (χ1v) is 6.75. The first kappa shape index (κ1) is 13.4. The summed E-state index contributed by atoms with van der Waals surface area (Å²) in [5, 5.41) is 3.85. The lowest BCUT2D eigenvalue weighted by molar-refractivity contribution is 0.611. The van der Waals surface area contributed by atoms with Crippen molar-refractivity contribution in [1.82, 2.24) is 24.9 Å². The molecule has 3 aromatic heterocycles. The molecule has 2 N–H and O–H groups in total. The summed E-state index contributed by atoms with van der Waals surface area (Å²) in [4.78, 5) is 19.5. The van der Waals surface area contributed by atoms with Gasteiger partial charge in [-0.15, -0.1) is 0 Å². The molecule has 0 spiro atoms. The highest BCUT2D eigenvalue weighted by molar-refractivity contribution is 5.90. The molecule has 6 nitrogen and oxygen atoms in total. The van der Waals surface area contributed by atoms with Crippen molar-refractivity contribution >= 4 is 16.9 Å². The second-order valence-electron chi connectivity index (χ2n) is 4.83. The van der Waals surface area contributed by atoms with Crippen LogP contribution in [0.1, 0.15) is 20.3 Å². The second-order valence-corrected chi connectivity index (χ2v) is 4.83. The molecule has 1 atom stereocenters. The Kier molecular flexibility index (Phi) is 3.47. The second kappa shape index (κ2) is 5.43. The van der Waals surface area contributed by atoms with Gasteiger partial charge in [-0.25, -0.2) is 24.3 Å². The zero-order chi connectivity index (χ0) is 14.8. The van der Waals surface area contributed by atoms with Gasteiger partial charge in [-0.1, -0.05) is 6.92 Å². The summed E-state index contributed by atoms with van der Waals surface area (Å²) >= 11 is 0. The standard InChI is InChI=1S/C14H15FN6/c1-3-8(2)20-14-11(15)6-18-13(21-14)10-5-17-12-9(10)4-16-7-19-12/h4-8H,3H2,1-2H3,(H,16,17,19)(H,18,20,21). The van der Waals surface area contributed by atoms with Gasteiger partial charge in [0.2, 0.25) is 0 Å². The lowest BCUT2D eigenvalue weighted by Crippen LogP contribution is -2.16. The number of nitrogens with zero attached hydrogens (tertiary/aromatic N) is 4. The molecule has 0 fully saturated rings. The molecule has 3 heterocycles. The summed E-state index contributed by atoms with van der Waals surface area (Å²) < 4.78 is 13.8. The first-order valence-electron chi connectivity index (χ1n) is 6.75. The van der Waals surface area contributed by atoms with Crippen LogP contribution in [0, 0.1) is 5.82 Å². The van der Waals surface area contributed by atoms with Crippen molar-refractivity contribution < 1.29 is 4.39 Å². The van der Waals surface area contributed by atoms with E-state index in [1.165, 1.54) is 12.5 Å². The number of H-pyrrole nitrogens is 1. The molecule has 0 bridgehead atoms. The van der Waals surface area contributed by atoms with Crippen molar-refractivity contribution in [3.63, 3.8) is 0 Å². The van der Waals surface area contributed by atoms with Gasteiger partial charge in [-0.3, -0.25) is 0 Å². The summed E-state index contributed by atoms with van der Waals surface area (Å²) in [7, 11) is 0. The number of hydrogen-bond acceptors (Lipinski definition) is 5. The van der Waals surface area contributed by atoms with Gasteiger partial charge in [0.1, 0.15) is 12.0 Å². The number of aromatic amines is 1. The Labute approximate surface area is 120 Å². The molecule has 0 saturated heterocycles. The van der Waals surface area contributed by atoms with Crippen LogP contribution in [-0.4, -0.2) is 31.0 Å². The third-order valence-electron chi connectivity index (χ3n) is 3.34. The van der Waals surface area contributed by atoms with Crippen LogP contribution in [0.25, 0.3) is 22.4 Å². The normalized spacial score (nSPS) is 12.5. The van der Waals surface area contributed by atoms with Gasteiger partial charge >= 0.3 is 0 Å². The van der Waals surface area contributed by atoms with E-state index in [1.807, 2.05) is 13.8 Å². The lowest BCUT2D eigenvalue weighted by atomic mass is 10.2. The predicted molar refractivity (Wildman–Crippen MR) is 78.2 cm³/mol. The zero-order valence-corrected chi connectivity index (χ0v) is 11.8. The zero-order valence-electron chi connectivity index (χ0n) is 11.8. The fraction of sp³-hybridized carbons (Fsp3) is 0.286. The van der Waals surface area contributed by atoms with E-state index in [0.29, 0.717) is 11.5 Å². The van der Waals surface area contributed by atoms with E-state index in [2.05, 4.69) is 30.2 Å². The van der Waals surface area contributed by atoms with E-state index in [9.17, 15) is 4.39 Å². The van der Waals surface area contributed by atoms with Crippen LogP contribution in [0.3, 0.4) is 0 Å². The third kappa shape index (κ3) is 2.54. The minimum Gasteiger partial charge on any atom is -0.365 e. The largest absolute Gasteiger partial charge is 0.365 e. The molecule has 21 heavy (non-hydrogen) atoms. The number of nitrogens with one attached hydrogen (secondary N) is 2. The highest BCUT2D eigenvalue weighted by Gasteiger charge is 2.14. The smallest absolute Gasteiger partial charge is 0.183 e. The van der Waals surface area contributed by atoms with E-state index in [1.54, 1.807) is 12.4 Å². The highest BCUT2D eigenvalue weighted by atomic mass is 19.1. The molecule has 7 heteroatoms. The van der Waals surface area contributed by atoms with Gasteiger partial charge in [-0.05, 0) is 13.3 Å². The maximum absolute atomic E-state index is 13.8.